The Hall–Kier alpha value is -2.39. The predicted molar refractivity (Wildman–Crippen MR) is 111 cm³/mol. The van der Waals surface area contributed by atoms with Gasteiger partial charge in [0.05, 0.1) is 22.3 Å². The van der Waals surface area contributed by atoms with Crippen molar-refractivity contribution in [2.24, 2.45) is 0 Å². The van der Waals surface area contributed by atoms with Gasteiger partial charge in [-0.05, 0) is 52.8 Å². The van der Waals surface area contributed by atoms with E-state index in [-0.39, 0.29) is 10.8 Å². The first kappa shape index (κ1) is 20.3. The summed E-state index contributed by atoms with van der Waals surface area (Å²) in [6.45, 7) is 2.57. The summed E-state index contributed by atoms with van der Waals surface area (Å²) < 4.78 is 41.7. The molecule has 0 aliphatic heterocycles. The second-order valence-electron chi connectivity index (χ2n) is 6.13. The normalized spacial score (nSPS) is 11.3. The van der Waals surface area contributed by atoms with E-state index in [4.69, 9.17) is 12.2 Å². The molecule has 0 unspecified atom stereocenters. The second kappa shape index (κ2) is 8.32. The van der Waals surface area contributed by atoms with Crippen LogP contribution >= 0.6 is 28.1 Å². The minimum atomic E-state index is -4.48. The van der Waals surface area contributed by atoms with Crippen LogP contribution in [-0.2, 0) is 12.7 Å². The topological polar surface area (TPSA) is 41.9 Å². The molecule has 28 heavy (non-hydrogen) atoms. The van der Waals surface area contributed by atoms with Crippen LogP contribution < -0.4 is 10.6 Å². The van der Waals surface area contributed by atoms with Crippen molar-refractivity contribution >= 4 is 44.8 Å². The fraction of sp³-hybridized carbons (Fsp3) is 0.158. The minimum absolute atomic E-state index is 0.0120. The Bertz CT molecular complexity index is 984. The van der Waals surface area contributed by atoms with E-state index in [9.17, 15) is 13.2 Å². The second-order valence-corrected chi connectivity index (χ2v) is 7.39. The van der Waals surface area contributed by atoms with Crippen molar-refractivity contribution in [1.82, 2.24) is 9.78 Å². The van der Waals surface area contributed by atoms with Gasteiger partial charge in [-0.15, -0.1) is 0 Å². The molecule has 0 fully saturated rings. The van der Waals surface area contributed by atoms with Gasteiger partial charge in [-0.3, -0.25) is 4.68 Å². The average molecular weight is 469 g/mol. The number of hydrogen-bond donors (Lipinski definition) is 2. The van der Waals surface area contributed by atoms with E-state index in [1.54, 1.807) is 10.9 Å². The summed E-state index contributed by atoms with van der Waals surface area (Å²) in [6.07, 6.45) is -2.70. The number of para-hydroxylation sites is 1. The van der Waals surface area contributed by atoms with Crippen LogP contribution in [0.2, 0.25) is 0 Å². The quantitative estimate of drug-likeness (QED) is 0.472. The van der Waals surface area contributed by atoms with Gasteiger partial charge in [0.2, 0.25) is 0 Å². The molecule has 9 heteroatoms. The van der Waals surface area contributed by atoms with Gasteiger partial charge < -0.3 is 10.6 Å². The fourth-order valence-corrected chi connectivity index (χ4v) is 3.17. The fourth-order valence-electron chi connectivity index (χ4n) is 2.54. The summed E-state index contributed by atoms with van der Waals surface area (Å²) in [5, 5.41) is 9.82. The summed E-state index contributed by atoms with van der Waals surface area (Å²) in [5.41, 5.74) is 1.33. The molecule has 0 saturated heterocycles. The van der Waals surface area contributed by atoms with E-state index in [1.165, 1.54) is 23.8 Å². The van der Waals surface area contributed by atoms with E-state index < -0.39 is 11.7 Å². The lowest BCUT2D eigenvalue weighted by atomic mass is 10.1. The van der Waals surface area contributed by atoms with Gasteiger partial charge in [-0.25, -0.2) is 0 Å². The first-order valence-electron chi connectivity index (χ1n) is 8.25. The van der Waals surface area contributed by atoms with Gasteiger partial charge in [-0.1, -0.05) is 42.0 Å². The summed E-state index contributed by atoms with van der Waals surface area (Å²) in [7, 11) is 0. The predicted octanol–water partition coefficient (Wildman–Crippen LogP) is 5.83. The number of nitrogens with one attached hydrogen (secondary N) is 2. The number of nitrogens with zero attached hydrogens (tertiary/aromatic N) is 2. The van der Waals surface area contributed by atoms with E-state index in [0.717, 1.165) is 11.6 Å². The zero-order valence-electron chi connectivity index (χ0n) is 14.7. The monoisotopic (exact) mass is 468 g/mol. The average Bonchev–Trinajstić information content (AvgIpc) is 2.95. The Labute approximate surface area is 173 Å². The number of rotatable bonds is 4. The molecule has 146 valence electrons. The Morgan fingerprint density at radius 1 is 1.11 bits per heavy atom. The number of aromatic nitrogens is 2. The number of alkyl halides is 3. The Balaban J connectivity index is 1.70. The molecule has 0 saturated carbocycles. The molecule has 0 aliphatic rings. The van der Waals surface area contributed by atoms with Crippen LogP contribution in [0.4, 0.5) is 24.7 Å². The van der Waals surface area contributed by atoms with Crippen molar-refractivity contribution in [3.05, 3.63) is 75.9 Å². The highest BCUT2D eigenvalue weighted by Gasteiger charge is 2.33. The van der Waals surface area contributed by atoms with Crippen LogP contribution in [0.5, 0.6) is 0 Å². The summed E-state index contributed by atoms with van der Waals surface area (Å²) >= 11 is 8.54. The minimum Gasteiger partial charge on any atom is -0.332 e. The zero-order valence-corrected chi connectivity index (χ0v) is 17.1. The number of halogens is 4. The smallest absolute Gasteiger partial charge is 0.332 e. The molecule has 3 aromatic rings. The highest BCUT2D eigenvalue weighted by atomic mass is 79.9. The Kier molecular flexibility index (Phi) is 6.04. The molecule has 4 nitrogen and oxygen atoms in total. The summed E-state index contributed by atoms with van der Waals surface area (Å²) in [6, 6.07) is 13.2. The van der Waals surface area contributed by atoms with Gasteiger partial charge in [0, 0.05) is 6.20 Å². The molecular weight excluding hydrogens is 453 g/mol. The molecule has 0 spiro atoms. The third-order valence-electron chi connectivity index (χ3n) is 3.89. The molecule has 2 N–H and O–H groups in total. The van der Waals surface area contributed by atoms with Crippen molar-refractivity contribution in [3.8, 4) is 0 Å². The summed E-state index contributed by atoms with van der Waals surface area (Å²) in [5.74, 6) is 0.411. The maximum Gasteiger partial charge on any atom is 0.418 e. The SMILES string of the molecule is Cc1ccc(Cn2cc(Br)c(NC(=S)Nc3ccccc3C(F)(F)F)n2)cc1. The molecule has 1 aromatic heterocycles. The standard InChI is InChI=1S/C19H16BrF3N4S/c1-12-6-8-13(9-7-12)10-27-11-15(20)17(26-27)25-18(28)24-16-5-3-2-4-14(16)19(21,22)23/h2-9,11H,10H2,1H3,(H2,24,25,26,28). The molecule has 0 amide bonds. The molecule has 2 aromatic carbocycles. The van der Waals surface area contributed by atoms with Crippen LogP contribution in [0.25, 0.3) is 0 Å². The van der Waals surface area contributed by atoms with Crippen LogP contribution in [0.15, 0.2) is 59.2 Å². The third-order valence-corrected chi connectivity index (χ3v) is 4.68. The first-order valence-corrected chi connectivity index (χ1v) is 9.45. The first-order chi connectivity index (χ1) is 13.2. The third kappa shape index (κ3) is 5.11. The molecule has 0 atom stereocenters. The molecule has 0 bridgehead atoms. The number of aryl methyl sites for hydroxylation is 1. The highest BCUT2D eigenvalue weighted by Crippen LogP contribution is 2.34. The zero-order chi connectivity index (χ0) is 20.3. The van der Waals surface area contributed by atoms with E-state index in [1.807, 2.05) is 31.2 Å². The van der Waals surface area contributed by atoms with Crippen LogP contribution in [-0.4, -0.2) is 14.9 Å². The van der Waals surface area contributed by atoms with Crippen molar-refractivity contribution in [1.29, 1.82) is 0 Å². The number of anilines is 2. The van der Waals surface area contributed by atoms with Crippen LogP contribution in [0.3, 0.4) is 0 Å². The van der Waals surface area contributed by atoms with Crippen molar-refractivity contribution in [2.75, 3.05) is 10.6 Å². The maximum absolute atomic E-state index is 13.1. The van der Waals surface area contributed by atoms with Gasteiger partial charge in [0.15, 0.2) is 10.9 Å². The van der Waals surface area contributed by atoms with Crippen LogP contribution in [0, 0.1) is 6.92 Å². The molecule has 0 aliphatic carbocycles. The lowest BCUT2D eigenvalue weighted by Crippen LogP contribution is -2.22. The van der Waals surface area contributed by atoms with Crippen molar-refractivity contribution in [3.63, 3.8) is 0 Å². The molecule has 1 heterocycles. The molecule has 0 radical (unpaired) electrons. The summed E-state index contributed by atoms with van der Waals surface area (Å²) in [4.78, 5) is 0. The Morgan fingerprint density at radius 2 is 1.79 bits per heavy atom. The lowest BCUT2D eigenvalue weighted by molar-refractivity contribution is -0.136. The van der Waals surface area contributed by atoms with Crippen molar-refractivity contribution in [2.45, 2.75) is 19.6 Å². The number of benzene rings is 2. The number of thiocarbonyl (C=S) groups is 1. The highest BCUT2D eigenvalue weighted by molar-refractivity contribution is 9.10. The van der Waals surface area contributed by atoms with E-state index >= 15 is 0 Å². The Morgan fingerprint density at radius 3 is 2.46 bits per heavy atom. The lowest BCUT2D eigenvalue weighted by Gasteiger charge is -2.15. The van der Waals surface area contributed by atoms with Crippen molar-refractivity contribution < 1.29 is 13.2 Å². The molecule has 3 rings (SSSR count). The number of hydrogen-bond acceptors (Lipinski definition) is 2. The van der Waals surface area contributed by atoms with Gasteiger partial charge in [0.25, 0.3) is 0 Å². The van der Waals surface area contributed by atoms with Gasteiger partial charge in [-0.2, -0.15) is 18.3 Å². The van der Waals surface area contributed by atoms with E-state index in [0.29, 0.717) is 16.8 Å². The van der Waals surface area contributed by atoms with Gasteiger partial charge >= 0.3 is 6.18 Å². The maximum atomic E-state index is 13.1. The largest absolute Gasteiger partial charge is 0.418 e. The van der Waals surface area contributed by atoms with E-state index in [2.05, 4.69) is 31.7 Å². The van der Waals surface area contributed by atoms with Crippen LogP contribution in [0.1, 0.15) is 16.7 Å². The van der Waals surface area contributed by atoms with Gasteiger partial charge in [0.1, 0.15) is 0 Å². The molecular formula is C19H16BrF3N4S.